The third kappa shape index (κ3) is 2.27. The number of hydrogen-bond donors (Lipinski definition) is 0. The monoisotopic (exact) mass is 278 g/mol. The number of carbonyl (C=O) groups excluding carboxylic acids is 2. The molecule has 0 aliphatic carbocycles. The molecule has 4 nitrogen and oxygen atoms in total. The molecule has 3 rings (SSSR count). The molecule has 1 unspecified atom stereocenters. The van der Waals surface area contributed by atoms with E-state index in [0.717, 1.165) is 25.8 Å². The summed E-state index contributed by atoms with van der Waals surface area (Å²) in [6, 6.07) is 1.86. The molecule has 5 heteroatoms. The van der Waals surface area contributed by atoms with Crippen molar-refractivity contribution in [3.63, 3.8) is 0 Å². The van der Waals surface area contributed by atoms with E-state index < -0.39 is 0 Å². The van der Waals surface area contributed by atoms with E-state index in [0.29, 0.717) is 6.54 Å². The van der Waals surface area contributed by atoms with Gasteiger partial charge in [0.1, 0.15) is 12.6 Å². The number of hydrogen-bond acceptors (Lipinski definition) is 3. The lowest BCUT2D eigenvalue weighted by molar-refractivity contribution is -0.158. The van der Waals surface area contributed by atoms with Crippen molar-refractivity contribution in [2.75, 3.05) is 13.1 Å². The lowest BCUT2D eigenvalue weighted by Gasteiger charge is -2.42. The van der Waals surface area contributed by atoms with Gasteiger partial charge < -0.3 is 9.80 Å². The van der Waals surface area contributed by atoms with Crippen LogP contribution in [0.1, 0.15) is 29.7 Å². The summed E-state index contributed by atoms with van der Waals surface area (Å²) in [6.07, 6.45) is 2.90. The second-order valence-electron chi connectivity index (χ2n) is 5.32. The molecule has 2 amide bonds. The highest BCUT2D eigenvalue weighted by Crippen LogP contribution is 2.25. The lowest BCUT2D eigenvalue weighted by atomic mass is 9.98. The number of fused-ring (bicyclic) bond motifs is 1. The molecule has 1 aromatic rings. The van der Waals surface area contributed by atoms with Crippen molar-refractivity contribution in [2.45, 2.75) is 38.8 Å². The standard InChI is InChI=1S/C14H18N2O2S/c1-10-5-7-19-12(10)8-15-9-13(17)16-6-3-2-4-11(16)14(15)18/h5,7,11H,2-4,6,8-9H2,1H3. The number of piperidine rings is 1. The Kier molecular flexibility index (Phi) is 3.31. The molecule has 2 saturated heterocycles. The maximum atomic E-state index is 12.5. The Morgan fingerprint density at radius 1 is 1.37 bits per heavy atom. The summed E-state index contributed by atoms with van der Waals surface area (Å²) in [5.41, 5.74) is 1.20. The zero-order valence-electron chi connectivity index (χ0n) is 11.1. The third-order valence-electron chi connectivity index (χ3n) is 4.05. The number of piperazine rings is 1. The van der Waals surface area contributed by atoms with Gasteiger partial charge in [0.05, 0.1) is 6.54 Å². The molecule has 1 aromatic heterocycles. The highest BCUT2D eigenvalue weighted by Gasteiger charge is 2.40. The molecule has 0 radical (unpaired) electrons. The topological polar surface area (TPSA) is 40.6 Å². The van der Waals surface area contributed by atoms with Gasteiger partial charge >= 0.3 is 0 Å². The quantitative estimate of drug-likeness (QED) is 0.827. The number of amides is 2. The fraction of sp³-hybridized carbons (Fsp3) is 0.571. The highest BCUT2D eigenvalue weighted by atomic mass is 32.1. The Morgan fingerprint density at radius 3 is 2.95 bits per heavy atom. The summed E-state index contributed by atoms with van der Waals surface area (Å²) >= 11 is 1.66. The van der Waals surface area contributed by atoms with Crippen molar-refractivity contribution in [2.24, 2.45) is 0 Å². The van der Waals surface area contributed by atoms with Crippen LogP contribution in [0.2, 0.25) is 0 Å². The smallest absolute Gasteiger partial charge is 0.246 e. The van der Waals surface area contributed by atoms with Crippen molar-refractivity contribution in [1.82, 2.24) is 9.80 Å². The van der Waals surface area contributed by atoms with Crippen LogP contribution >= 0.6 is 11.3 Å². The van der Waals surface area contributed by atoms with Crippen LogP contribution in [0.4, 0.5) is 0 Å². The van der Waals surface area contributed by atoms with Crippen LogP contribution in [0.3, 0.4) is 0 Å². The van der Waals surface area contributed by atoms with Crippen LogP contribution in [0.5, 0.6) is 0 Å². The van der Waals surface area contributed by atoms with E-state index in [1.165, 1.54) is 10.4 Å². The number of thiophene rings is 1. The van der Waals surface area contributed by atoms with Crippen molar-refractivity contribution < 1.29 is 9.59 Å². The zero-order valence-corrected chi connectivity index (χ0v) is 11.9. The Morgan fingerprint density at radius 2 is 2.21 bits per heavy atom. The molecule has 2 aliphatic rings. The third-order valence-corrected chi connectivity index (χ3v) is 5.06. The van der Waals surface area contributed by atoms with Gasteiger partial charge in [0.2, 0.25) is 11.8 Å². The molecule has 0 bridgehead atoms. The van der Waals surface area contributed by atoms with Crippen molar-refractivity contribution >= 4 is 23.2 Å². The first-order valence-electron chi connectivity index (χ1n) is 6.78. The van der Waals surface area contributed by atoms with E-state index in [1.54, 1.807) is 21.1 Å². The molecule has 2 aliphatic heterocycles. The minimum absolute atomic E-state index is 0.110. The second-order valence-corrected chi connectivity index (χ2v) is 6.32. The first-order valence-corrected chi connectivity index (χ1v) is 7.66. The molecule has 102 valence electrons. The number of nitrogens with zero attached hydrogens (tertiary/aromatic N) is 2. The largest absolute Gasteiger partial charge is 0.329 e. The Balaban J connectivity index is 1.78. The first kappa shape index (κ1) is 12.7. The van der Waals surface area contributed by atoms with E-state index in [-0.39, 0.29) is 24.4 Å². The molecule has 0 saturated carbocycles. The summed E-state index contributed by atoms with van der Waals surface area (Å²) in [5.74, 6) is 0.241. The summed E-state index contributed by atoms with van der Waals surface area (Å²) in [6.45, 7) is 3.63. The normalized spacial score (nSPS) is 23.7. The molecular weight excluding hydrogens is 260 g/mol. The molecule has 2 fully saturated rings. The Hall–Kier alpha value is -1.36. The molecule has 19 heavy (non-hydrogen) atoms. The van der Waals surface area contributed by atoms with Gasteiger partial charge in [-0.3, -0.25) is 9.59 Å². The first-order chi connectivity index (χ1) is 9.16. The van der Waals surface area contributed by atoms with E-state index in [2.05, 4.69) is 13.0 Å². The fourth-order valence-corrected chi connectivity index (χ4v) is 3.82. The predicted octanol–water partition coefficient (Wildman–Crippen LogP) is 1.78. The van der Waals surface area contributed by atoms with E-state index in [4.69, 9.17) is 0 Å². The van der Waals surface area contributed by atoms with Gasteiger partial charge in [0.25, 0.3) is 0 Å². The van der Waals surface area contributed by atoms with E-state index in [1.807, 2.05) is 5.38 Å². The van der Waals surface area contributed by atoms with E-state index in [9.17, 15) is 9.59 Å². The minimum Gasteiger partial charge on any atom is -0.329 e. The van der Waals surface area contributed by atoms with Gasteiger partial charge in [-0.15, -0.1) is 11.3 Å². The summed E-state index contributed by atoms with van der Waals surface area (Å²) in [4.78, 5) is 29.3. The summed E-state index contributed by atoms with van der Waals surface area (Å²) < 4.78 is 0. The molecule has 3 heterocycles. The van der Waals surface area contributed by atoms with Crippen LogP contribution < -0.4 is 0 Å². The highest BCUT2D eigenvalue weighted by molar-refractivity contribution is 7.10. The van der Waals surface area contributed by atoms with Crippen LogP contribution in [-0.2, 0) is 16.1 Å². The average molecular weight is 278 g/mol. The van der Waals surface area contributed by atoms with Crippen LogP contribution in [0.15, 0.2) is 11.4 Å². The molecule has 1 atom stereocenters. The molecular formula is C14H18N2O2S. The van der Waals surface area contributed by atoms with Gasteiger partial charge in [-0.1, -0.05) is 0 Å². The van der Waals surface area contributed by atoms with Gasteiger partial charge in [-0.2, -0.15) is 0 Å². The van der Waals surface area contributed by atoms with E-state index >= 15 is 0 Å². The Labute approximate surface area is 117 Å². The molecule has 0 aromatic carbocycles. The van der Waals surface area contributed by atoms with Gasteiger partial charge in [0.15, 0.2) is 0 Å². The summed E-state index contributed by atoms with van der Waals surface area (Å²) in [7, 11) is 0. The second kappa shape index (κ2) is 4.96. The lowest BCUT2D eigenvalue weighted by Crippen LogP contribution is -2.60. The average Bonchev–Trinajstić information content (AvgIpc) is 2.81. The summed E-state index contributed by atoms with van der Waals surface area (Å²) in [5, 5.41) is 2.04. The van der Waals surface area contributed by atoms with Gasteiger partial charge in [0, 0.05) is 11.4 Å². The zero-order chi connectivity index (χ0) is 13.4. The minimum atomic E-state index is -0.199. The number of rotatable bonds is 2. The maximum absolute atomic E-state index is 12.5. The van der Waals surface area contributed by atoms with Crippen molar-refractivity contribution in [3.8, 4) is 0 Å². The fourth-order valence-electron chi connectivity index (χ4n) is 2.90. The van der Waals surface area contributed by atoms with Crippen LogP contribution in [-0.4, -0.2) is 40.7 Å². The van der Waals surface area contributed by atoms with Crippen molar-refractivity contribution in [1.29, 1.82) is 0 Å². The van der Waals surface area contributed by atoms with Gasteiger partial charge in [-0.05, 0) is 43.2 Å². The van der Waals surface area contributed by atoms with Gasteiger partial charge in [-0.25, -0.2) is 0 Å². The Bertz CT molecular complexity index is 511. The van der Waals surface area contributed by atoms with Crippen molar-refractivity contribution in [3.05, 3.63) is 21.9 Å². The number of carbonyl (C=O) groups is 2. The van der Waals surface area contributed by atoms with Crippen LogP contribution in [0, 0.1) is 6.92 Å². The predicted molar refractivity (Wildman–Crippen MR) is 73.8 cm³/mol. The van der Waals surface area contributed by atoms with Crippen LogP contribution in [0.25, 0.3) is 0 Å². The molecule has 0 spiro atoms. The maximum Gasteiger partial charge on any atom is 0.246 e. The SMILES string of the molecule is Cc1ccsc1CN1CC(=O)N2CCCCC2C1=O. The number of aryl methyl sites for hydroxylation is 1. The molecule has 0 N–H and O–H groups in total.